The summed E-state index contributed by atoms with van der Waals surface area (Å²) in [6, 6.07) is 9.52. The second-order valence-corrected chi connectivity index (χ2v) is 7.55. The number of carbonyl (C=O) groups excluding carboxylic acids is 1. The Morgan fingerprint density at radius 3 is 2.86 bits per heavy atom. The summed E-state index contributed by atoms with van der Waals surface area (Å²) < 4.78 is 1.82. The molecule has 2 heterocycles. The lowest BCUT2D eigenvalue weighted by molar-refractivity contribution is 0.0916. The number of benzene rings is 1. The Kier molecular flexibility index (Phi) is 5.31. The number of nitrogens with one attached hydrogen (secondary N) is 2. The molecular weight excluding hydrogens is 366 g/mol. The maximum absolute atomic E-state index is 12.7. The smallest absolute Gasteiger partial charge is 0.253 e. The predicted octanol–water partition coefficient (Wildman–Crippen LogP) is 2.92. The lowest BCUT2D eigenvalue weighted by atomic mass is 10.0. The van der Waals surface area contributed by atoms with E-state index in [-0.39, 0.29) is 12.5 Å². The fourth-order valence-electron chi connectivity index (χ4n) is 3.20. The number of hydrogen-bond acceptors (Lipinski definition) is 5. The number of aliphatic hydroxyl groups excluding tert-OH is 1. The molecule has 150 valence electrons. The quantitative estimate of drug-likeness (QED) is 0.576. The van der Waals surface area contributed by atoms with E-state index >= 15 is 0 Å². The van der Waals surface area contributed by atoms with E-state index in [1.54, 1.807) is 18.5 Å². The average Bonchev–Trinajstić information content (AvgIpc) is 3.39. The van der Waals surface area contributed by atoms with Crippen molar-refractivity contribution in [3.8, 4) is 5.82 Å². The Morgan fingerprint density at radius 2 is 2.14 bits per heavy atom. The SMILES string of the molecule is Cc1cccc(C(CO)NC(=O)c2ccn(-c3nc(NC4CC4)ncc3C)c2)c1. The number of nitrogens with zero attached hydrogens (tertiary/aromatic N) is 3. The minimum absolute atomic E-state index is 0.170. The summed E-state index contributed by atoms with van der Waals surface area (Å²) in [4.78, 5) is 21.7. The first kappa shape index (κ1) is 19.1. The number of carbonyl (C=O) groups is 1. The summed E-state index contributed by atoms with van der Waals surface area (Å²) in [5, 5.41) is 16.0. The van der Waals surface area contributed by atoms with Crippen molar-refractivity contribution in [2.45, 2.75) is 38.8 Å². The summed E-state index contributed by atoms with van der Waals surface area (Å²) >= 11 is 0. The molecule has 7 nitrogen and oxygen atoms in total. The van der Waals surface area contributed by atoms with E-state index in [1.165, 1.54) is 0 Å². The number of anilines is 1. The molecule has 1 amide bonds. The fraction of sp³-hybridized carbons (Fsp3) is 0.318. The van der Waals surface area contributed by atoms with Crippen LogP contribution in [0.15, 0.2) is 48.9 Å². The molecule has 0 bridgehead atoms. The first-order valence-corrected chi connectivity index (χ1v) is 9.80. The van der Waals surface area contributed by atoms with Crippen molar-refractivity contribution in [1.29, 1.82) is 0 Å². The molecule has 29 heavy (non-hydrogen) atoms. The minimum atomic E-state index is -0.458. The highest BCUT2D eigenvalue weighted by Gasteiger charge is 2.22. The molecule has 1 atom stereocenters. The zero-order valence-corrected chi connectivity index (χ0v) is 16.6. The zero-order valence-electron chi connectivity index (χ0n) is 16.6. The van der Waals surface area contributed by atoms with Crippen LogP contribution in [-0.4, -0.2) is 38.2 Å². The van der Waals surface area contributed by atoms with Crippen LogP contribution >= 0.6 is 0 Å². The van der Waals surface area contributed by atoms with Crippen LogP contribution < -0.4 is 10.6 Å². The maximum Gasteiger partial charge on any atom is 0.253 e. The number of amides is 1. The Bertz CT molecular complexity index is 1030. The standard InChI is InChI=1S/C22H25N5O2/c1-14-4-3-5-16(10-14)19(13-28)25-21(29)17-8-9-27(12-17)20-15(2)11-23-22(26-20)24-18-6-7-18/h3-5,8-12,18-19,28H,6-7,13H2,1-2H3,(H,25,29)(H,23,24,26). The molecule has 1 saturated carbocycles. The van der Waals surface area contributed by atoms with Gasteiger partial charge in [-0.15, -0.1) is 0 Å². The van der Waals surface area contributed by atoms with Crippen molar-refractivity contribution in [3.63, 3.8) is 0 Å². The molecule has 1 fully saturated rings. The molecule has 0 saturated heterocycles. The van der Waals surface area contributed by atoms with Gasteiger partial charge in [0.05, 0.1) is 18.2 Å². The van der Waals surface area contributed by atoms with Gasteiger partial charge in [-0.25, -0.2) is 4.98 Å². The Morgan fingerprint density at radius 1 is 1.31 bits per heavy atom. The summed E-state index contributed by atoms with van der Waals surface area (Å²) in [6.07, 6.45) is 7.63. The van der Waals surface area contributed by atoms with Crippen molar-refractivity contribution in [2.75, 3.05) is 11.9 Å². The Labute approximate surface area is 169 Å². The van der Waals surface area contributed by atoms with E-state index in [2.05, 4.69) is 20.6 Å². The lowest BCUT2D eigenvalue weighted by Gasteiger charge is -2.17. The van der Waals surface area contributed by atoms with Gasteiger partial charge in [-0.2, -0.15) is 4.98 Å². The second kappa shape index (κ2) is 8.05. The zero-order chi connectivity index (χ0) is 20.4. The van der Waals surface area contributed by atoms with Crippen molar-refractivity contribution >= 4 is 11.9 Å². The minimum Gasteiger partial charge on any atom is -0.394 e. The van der Waals surface area contributed by atoms with Crippen LogP contribution in [0.2, 0.25) is 0 Å². The largest absolute Gasteiger partial charge is 0.394 e. The maximum atomic E-state index is 12.7. The number of aromatic nitrogens is 3. The third-order valence-electron chi connectivity index (χ3n) is 4.99. The molecule has 1 aromatic carbocycles. The van der Waals surface area contributed by atoms with E-state index in [0.29, 0.717) is 17.6 Å². The van der Waals surface area contributed by atoms with Gasteiger partial charge < -0.3 is 20.3 Å². The summed E-state index contributed by atoms with van der Waals surface area (Å²) in [5.74, 6) is 1.10. The third-order valence-corrected chi connectivity index (χ3v) is 4.99. The van der Waals surface area contributed by atoms with Crippen LogP contribution in [0.1, 0.15) is 45.9 Å². The summed E-state index contributed by atoms with van der Waals surface area (Å²) in [6.45, 7) is 3.75. The number of aliphatic hydroxyl groups is 1. The monoisotopic (exact) mass is 391 g/mol. The van der Waals surface area contributed by atoms with E-state index in [4.69, 9.17) is 0 Å². The molecule has 2 aromatic heterocycles. The molecule has 1 unspecified atom stereocenters. The summed E-state index contributed by atoms with van der Waals surface area (Å²) in [5.41, 5.74) is 3.38. The van der Waals surface area contributed by atoms with Crippen molar-refractivity contribution in [1.82, 2.24) is 19.9 Å². The molecule has 0 spiro atoms. The molecule has 0 aliphatic heterocycles. The molecular formula is C22H25N5O2. The van der Waals surface area contributed by atoms with Gasteiger partial charge in [-0.3, -0.25) is 4.79 Å². The van der Waals surface area contributed by atoms with Crippen LogP contribution in [0.25, 0.3) is 5.82 Å². The van der Waals surface area contributed by atoms with Crippen LogP contribution in [0.3, 0.4) is 0 Å². The molecule has 3 N–H and O–H groups in total. The van der Waals surface area contributed by atoms with Gasteiger partial charge in [0.25, 0.3) is 5.91 Å². The first-order valence-electron chi connectivity index (χ1n) is 9.80. The summed E-state index contributed by atoms with van der Waals surface area (Å²) in [7, 11) is 0. The van der Waals surface area contributed by atoms with Gasteiger partial charge in [0.15, 0.2) is 0 Å². The number of hydrogen-bond donors (Lipinski definition) is 3. The van der Waals surface area contributed by atoms with E-state index in [1.807, 2.05) is 48.9 Å². The normalized spacial score (nSPS) is 14.4. The van der Waals surface area contributed by atoms with Crippen molar-refractivity contribution in [2.24, 2.45) is 0 Å². The lowest BCUT2D eigenvalue weighted by Crippen LogP contribution is -2.30. The second-order valence-electron chi connectivity index (χ2n) is 7.55. The van der Waals surface area contributed by atoms with Crippen molar-refractivity contribution < 1.29 is 9.90 Å². The topological polar surface area (TPSA) is 92.1 Å². The van der Waals surface area contributed by atoms with Gasteiger partial charge in [0.1, 0.15) is 5.82 Å². The predicted molar refractivity (Wildman–Crippen MR) is 111 cm³/mol. The van der Waals surface area contributed by atoms with Gasteiger partial charge >= 0.3 is 0 Å². The Balaban J connectivity index is 1.51. The average molecular weight is 391 g/mol. The number of rotatable bonds is 7. The molecule has 1 aliphatic carbocycles. The molecule has 4 rings (SSSR count). The molecule has 7 heteroatoms. The van der Waals surface area contributed by atoms with Gasteiger partial charge in [-0.05, 0) is 38.3 Å². The first-order chi connectivity index (χ1) is 14.0. The number of aryl methyl sites for hydroxylation is 2. The van der Waals surface area contributed by atoms with Crippen LogP contribution in [0.5, 0.6) is 0 Å². The van der Waals surface area contributed by atoms with E-state index in [9.17, 15) is 9.90 Å². The van der Waals surface area contributed by atoms with Crippen LogP contribution in [-0.2, 0) is 0 Å². The van der Waals surface area contributed by atoms with E-state index in [0.717, 1.165) is 35.3 Å². The van der Waals surface area contributed by atoms with Crippen LogP contribution in [0, 0.1) is 13.8 Å². The molecule has 3 aromatic rings. The van der Waals surface area contributed by atoms with Gasteiger partial charge in [-0.1, -0.05) is 29.8 Å². The highest BCUT2D eigenvalue weighted by molar-refractivity contribution is 5.94. The molecule has 0 radical (unpaired) electrons. The van der Waals surface area contributed by atoms with Crippen molar-refractivity contribution in [3.05, 3.63) is 71.2 Å². The van der Waals surface area contributed by atoms with E-state index < -0.39 is 6.04 Å². The highest BCUT2D eigenvalue weighted by Crippen LogP contribution is 2.24. The highest BCUT2D eigenvalue weighted by atomic mass is 16.3. The fourth-order valence-corrected chi connectivity index (χ4v) is 3.20. The van der Waals surface area contributed by atoms with Gasteiger partial charge in [0, 0.05) is 30.2 Å². The van der Waals surface area contributed by atoms with Gasteiger partial charge in [0.2, 0.25) is 5.95 Å². The molecule has 1 aliphatic rings. The Hall–Kier alpha value is -3.19. The third kappa shape index (κ3) is 4.46. The van der Waals surface area contributed by atoms with Crippen LogP contribution in [0.4, 0.5) is 5.95 Å².